The van der Waals surface area contributed by atoms with Gasteiger partial charge in [0.2, 0.25) is 0 Å². The Kier molecular flexibility index (Phi) is 6.86. The summed E-state index contributed by atoms with van der Waals surface area (Å²) in [6.07, 6.45) is 2.96. The van der Waals surface area contributed by atoms with Gasteiger partial charge >= 0.3 is 0 Å². The number of thioether (sulfide) groups is 1. The molecular weight excluding hydrogens is 230 g/mol. The molecule has 1 aromatic rings. The highest BCUT2D eigenvalue weighted by atomic mass is 32.2. The van der Waals surface area contributed by atoms with E-state index in [9.17, 15) is 0 Å². The smallest absolute Gasteiger partial charge is 0.127 e. The number of hydrogen-bond donors (Lipinski definition) is 2. The van der Waals surface area contributed by atoms with Gasteiger partial charge in [-0.3, -0.25) is 0 Å². The Bertz CT molecular complexity index is 317. The largest absolute Gasteiger partial charge is 0.382 e. The molecule has 0 saturated heterocycles. The van der Waals surface area contributed by atoms with Crippen molar-refractivity contribution in [3.8, 4) is 0 Å². The normalized spacial score (nSPS) is 12.2. The number of rotatable bonds is 8. The first kappa shape index (κ1) is 14.2. The van der Waals surface area contributed by atoms with E-state index >= 15 is 0 Å². The van der Waals surface area contributed by atoms with Crippen LogP contribution in [0.1, 0.15) is 27.2 Å². The van der Waals surface area contributed by atoms with Crippen molar-refractivity contribution >= 4 is 23.3 Å². The van der Waals surface area contributed by atoms with E-state index in [1.54, 1.807) is 0 Å². The zero-order valence-corrected chi connectivity index (χ0v) is 11.8. The molecule has 2 N–H and O–H groups in total. The van der Waals surface area contributed by atoms with Gasteiger partial charge in [-0.25, -0.2) is 4.98 Å². The van der Waals surface area contributed by atoms with E-state index in [-0.39, 0.29) is 0 Å². The highest BCUT2D eigenvalue weighted by molar-refractivity contribution is 7.99. The molecule has 1 heterocycles. The first-order chi connectivity index (χ1) is 8.26. The van der Waals surface area contributed by atoms with Crippen LogP contribution in [0.5, 0.6) is 0 Å². The molecule has 0 radical (unpaired) electrons. The summed E-state index contributed by atoms with van der Waals surface area (Å²) in [5.41, 5.74) is 1.14. The molecule has 4 heteroatoms. The van der Waals surface area contributed by atoms with Gasteiger partial charge in [-0.1, -0.05) is 13.8 Å². The molecule has 0 aliphatic heterocycles. The average Bonchev–Trinajstić information content (AvgIpc) is 2.34. The van der Waals surface area contributed by atoms with Gasteiger partial charge in [0.25, 0.3) is 0 Å². The van der Waals surface area contributed by atoms with Crippen molar-refractivity contribution in [2.75, 3.05) is 28.7 Å². The highest BCUT2D eigenvalue weighted by Crippen LogP contribution is 2.14. The van der Waals surface area contributed by atoms with Crippen molar-refractivity contribution in [3.63, 3.8) is 0 Å². The van der Waals surface area contributed by atoms with Gasteiger partial charge in [-0.15, -0.1) is 0 Å². The lowest BCUT2D eigenvalue weighted by Gasteiger charge is -2.15. The van der Waals surface area contributed by atoms with Crippen LogP contribution in [0.4, 0.5) is 11.5 Å². The second kappa shape index (κ2) is 8.23. The average molecular weight is 253 g/mol. The van der Waals surface area contributed by atoms with E-state index in [1.165, 1.54) is 5.75 Å². The molecule has 1 atom stereocenters. The molecule has 1 rings (SSSR count). The fourth-order valence-corrected chi connectivity index (χ4v) is 2.16. The molecule has 0 saturated carbocycles. The Morgan fingerprint density at radius 1 is 1.41 bits per heavy atom. The Morgan fingerprint density at radius 3 is 2.94 bits per heavy atom. The molecule has 0 bridgehead atoms. The molecule has 0 aliphatic rings. The Morgan fingerprint density at radius 2 is 2.24 bits per heavy atom. The zero-order chi connectivity index (χ0) is 12.5. The van der Waals surface area contributed by atoms with E-state index in [1.807, 2.05) is 24.0 Å². The molecule has 17 heavy (non-hydrogen) atoms. The second-order valence-corrected chi connectivity index (χ2v) is 5.38. The molecule has 0 fully saturated rings. The molecule has 0 amide bonds. The van der Waals surface area contributed by atoms with Crippen LogP contribution in [0.2, 0.25) is 0 Å². The molecule has 3 nitrogen and oxygen atoms in total. The lowest BCUT2D eigenvalue weighted by Crippen LogP contribution is -2.18. The van der Waals surface area contributed by atoms with Crippen molar-refractivity contribution < 1.29 is 0 Å². The summed E-state index contributed by atoms with van der Waals surface area (Å²) in [6, 6.07) is 4.58. The Labute approximate surface area is 109 Å². The summed E-state index contributed by atoms with van der Waals surface area (Å²) in [5.74, 6) is 3.26. The first-order valence-corrected chi connectivity index (χ1v) is 7.46. The summed E-state index contributed by atoms with van der Waals surface area (Å²) in [5, 5.41) is 6.79. The summed E-state index contributed by atoms with van der Waals surface area (Å²) in [6.45, 7) is 7.52. The third-order valence-electron chi connectivity index (χ3n) is 2.30. The van der Waals surface area contributed by atoms with Crippen LogP contribution in [0.3, 0.4) is 0 Å². The SMILES string of the molecule is CCCNc1cc(NC(C)CSCC)ccn1. The summed E-state index contributed by atoms with van der Waals surface area (Å²) >= 11 is 1.96. The molecule has 0 aromatic carbocycles. The Hall–Kier alpha value is -0.900. The van der Waals surface area contributed by atoms with Crippen LogP contribution < -0.4 is 10.6 Å². The predicted octanol–water partition coefficient (Wildman–Crippen LogP) is 3.46. The second-order valence-electron chi connectivity index (χ2n) is 4.06. The zero-order valence-electron chi connectivity index (χ0n) is 11.0. The number of nitrogens with zero attached hydrogens (tertiary/aromatic N) is 1. The quantitative estimate of drug-likeness (QED) is 0.744. The Balaban J connectivity index is 2.47. The van der Waals surface area contributed by atoms with Gasteiger partial charge in [0.15, 0.2) is 0 Å². The molecule has 0 spiro atoms. The van der Waals surface area contributed by atoms with Gasteiger partial charge in [0.05, 0.1) is 0 Å². The minimum atomic E-state index is 0.487. The van der Waals surface area contributed by atoms with Crippen molar-refractivity contribution in [3.05, 3.63) is 18.3 Å². The molecule has 96 valence electrons. The standard InChI is InChI=1S/C13H23N3S/c1-4-7-14-13-9-12(6-8-15-13)16-11(3)10-17-5-2/h6,8-9,11H,4-5,7,10H2,1-3H3,(H2,14,15,16). The molecule has 1 aromatic heterocycles. The number of hydrogen-bond acceptors (Lipinski definition) is 4. The van der Waals surface area contributed by atoms with Crippen molar-refractivity contribution in [1.29, 1.82) is 0 Å². The summed E-state index contributed by atoms with van der Waals surface area (Å²) in [4.78, 5) is 4.29. The maximum atomic E-state index is 4.29. The predicted molar refractivity (Wildman–Crippen MR) is 79.1 cm³/mol. The molecule has 0 aliphatic carbocycles. The van der Waals surface area contributed by atoms with Gasteiger partial charge < -0.3 is 10.6 Å². The number of anilines is 2. The van der Waals surface area contributed by atoms with Crippen LogP contribution in [0.25, 0.3) is 0 Å². The topological polar surface area (TPSA) is 37.0 Å². The maximum Gasteiger partial charge on any atom is 0.127 e. The number of pyridine rings is 1. The van der Waals surface area contributed by atoms with E-state index in [0.717, 1.165) is 30.2 Å². The van der Waals surface area contributed by atoms with Gasteiger partial charge in [-0.2, -0.15) is 11.8 Å². The van der Waals surface area contributed by atoms with Crippen LogP contribution in [0, 0.1) is 0 Å². The van der Waals surface area contributed by atoms with Crippen molar-refractivity contribution in [1.82, 2.24) is 4.98 Å². The molecule has 1 unspecified atom stereocenters. The third kappa shape index (κ3) is 5.82. The van der Waals surface area contributed by atoms with E-state index in [4.69, 9.17) is 0 Å². The monoisotopic (exact) mass is 253 g/mol. The first-order valence-electron chi connectivity index (χ1n) is 6.30. The lowest BCUT2D eigenvalue weighted by molar-refractivity contribution is 0.911. The van der Waals surface area contributed by atoms with Crippen LogP contribution >= 0.6 is 11.8 Å². The van der Waals surface area contributed by atoms with Crippen LogP contribution in [-0.4, -0.2) is 29.1 Å². The fourth-order valence-electron chi connectivity index (χ4n) is 1.49. The van der Waals surface area contributed by atoms with Gasteiger partial charge in [0.1, 0.15) is 5.82 Å². The van der Waals surface area contributed by atoms with Crippen molar-refractivity contribution in [2.45, 2.75) is 33.2 Å². The van der Waals surface area contributed by atoms with Gasteiger partial charge in [0, 0.05) is 36.3 Å². The van der Waals surface area contributed by atoms with E-state index in [0.29, 0.717) is 6.04 Å². The lowest BCUT2D eigenvalue weighted by atomic mass is 10.3. The van der Waals surface area contributed by atoms with Crippen LogP contribution in [-0.2, 0) is 0 Å². The minimum absolute atomic E-state index is 0.487. The highest BCUT2D eigenvalue weighted by Gasteiger charge is 2.02. The molecular formula is C13H23N3S. The summed E-state index contributed by atoms with van der Waals surface area (Å²) < 4.78 is 0. The summed E-state index contributed by atoms with van der Waals surface area (Å²) in [7, 11) is 0. The van der Waals surface area contributed by atoms with Gasteiger partial charge in [-0.05, 0) is 25.2 Å². The number of nitrogens with one attached hydrogen (secondary N) is 2. The minimum Gasteiger partial charge on any atom is -0.382 e. The van der Waals surface area contributed by atoms with E-state index in [2.05, 4.69) is 42.5 Å². The maximum absolute atomic E-state index is 4.29. The fraction of sp³-hybridized carbons (Fsp3) is 0.615. The van der Waals surface area contributed by atoms with Crippen molar-refractivity contribution in [2.24, 2.45) is 0 Å². The van der Waals surface area contributed by atoms with E-state index < -0.39 is 0 Å². The third-order valence-corrected chi connectivity index (χ3v) is 3.45. The number of aromatic nitrogens is 1. The van der Waals surface area contributed by atoms with Crippen LogP contribution in [0.15, 0.2) is 18.3 Å².